The van der Waals surface area contributed by atoms with E-state index < -0.39 is 5.91 Å². The third-order valence-corrected chi connectivity index (χ3v) is 4.21. The minimum atomic E-state index is -0.426. The highest BCUT2D eigenvalue weighted by molar-refractivity contribution is 14.1. The molecule has 2 aromatic carbocycles. The quantitative estimate of drug-likeness (QED) is 0.457. The number of hydrazine groups is 1. The molecule has 1 aliphatic rings. The van der Waals surface area contributed by atoms with Crippen molar-refractivity contribution in [3.05, 3.63) is 63.2 Å². The van der Waals surface area contributed by atoms with Gasteiger partial charge in [0.15, 0.2) is 0 Å². The van der Waals surface area contributed by atoms with Gasteiger partial charge in [0.05, 0.1) is 12.3 Å². The van der Waals surface area contributed by atoms with Crippen LogP contribution in [0, 0.1) is 3.57 Å². The van der Waals surface area contributed by atoms with Gasteiger partial charge in [-0.3, -0.25) is 15.0 Å². The number of amides is 2. The summed E-state index contributed by atoms with van der Waals surface area (Å²) < 4.78 is 6.59. The fourth-order valence-corrected chi connectivity index (χ4v) is 2.73. The summed E-state index contributed by atoms with van der Waals surface area (Å²) in [5.74, 6) is -0.168. The van der Waals surface area contributed by atoms with Gasteiger partial charge in [-0.25, -0.2) is 5.01 Å². The molecule has 2 aromatic rings. The molecule has 0 unspecified atom stereocenters. The van der Waals surface area contributed by atoms with Crippen molar-refractivity contribution in [1.29, 1.82) is 0 Å². The van der Waals surface area contributed by atoms with Gasteiger partial charge >= 0.3 is 0 Å². The standard InChI is InChI=1S/C18H15IN2O3/c1-2-24-16-6-4-3-5-12(16)11-15-17(22)20-21(18(15)23)14-9-7-13(19)8-10-14/h3-11H,2H2,1H3,(H,20,22). The van der Waals surface area contributed by atoms with E-state index in [1.54, 1.807) is 18.2 Å². The lowest BCUT2D eigenvalue weighted by Gasteiger charge is -2.14. The summed E-state index contributed by atoms with van der Waals surface area (Å²) in [5, 5.41) is 1.26. The molecule has 1 fully saturated rings. The molecule has 3 rings (SSSR count). The van der Waals surface area contributed by atoms with Gasteiger partial charge in [0.1, 0.15) is 11.3 Å². The molecule has 6 heteroatoms. The van der Waals surface area contributed by atoms with Crippen LogP contribution in [0.4, 0.5) is 5.69 Å². The average Bonchev–Trinajstić information content (AvgIpc) is 2.86. The molecule has 1 saturated heterocycles. The number of anilines is 1. The number of hydrogen-bond acceptors (Lipinski definition) is 3. The van der Waals surface area contributed by atoms with Gasteiger partial charge in [0.2, 0.25) is 0 Å². The third kappa shape index (κ3) is 3.28. The van der Waals surface area contributed by atoms with Crippen LogP contribution >= 0.6 is 22.6 Å². The van der Waals surface area contributed by atoms with E-state index in [0.29, 0.717) is 23.6 Å². The maximum Gasteiger partial charge on any atom is 0.282 e. The molecule has 0 aliphatic carbocycles. The molecule has 0 atom stereocenters. The minimum absolute atomic E-state index is 0.0840. The first-order valence-electron chi connectivity index (χ1n) is 7.44. The number of carbonyl (C=O) groups excluding carboxylic acids is 2. The number of para-hydroxylation sites is 1. The largest absolute Gasteiger partial charge is 0.493 e. The number of rotatable bonds is 4. The van der Waals surface area contributed by atoms with E-state index in [-0.39, 0.29) is 11.5 Å². The van der Waals surface area contributed by atoms with Crippen molar-refractivity contribution in [3.8, 4) is 5.75 Å². The molecule has 0 bridgehead atoms. The fraction of sp³-hybridized carbons (Fsp3) is 0.111. The van der Waals surface area contributed by atoms with Gasteiger partial charge in [0, 0.05) is 9.13 Å². The lowest BCUT2D eigenvalue weighted by molar-refractivity contribution is -0.117. The van der Waals surface area contributed by atoms with Crippen molar-refractivity contribution < 1.29 is 14.3 Å². The number of ether oxygens (including phenoxy) is 1. The first-order chi connectivity index (χ1) is 11.6. The zero-order chi connectivity index (χ0) is 17.1. The summed E-state index contributed by atoms with van der Waals surface area (Å²) in [6, 6.07) is 14.6. The van der Waals surface area contributed by atoms with E-state index in [9.17, 15) is 9.59 Å². The summed E-state index contributed by atoms with van der Waals surface area (Å²) >= 11 is 2.18. The van der Waals surface area contributed by atoms with E-state index in [2.05, 4.69) is 28.0 Å². The predicted octanol–water partition coefficient (Wildman–Crippen LogP) is 3.15. The van der Waals surface area contributed by atoms with Crippen LogP contribution in [-0.4, -0.2) is 18.4 Å². The topological polar surface area (TPSA) is 58.6 Å². The summed E-state index contributed by atoms with van der Waals surface area (Å²) in [6.07, 6.45) is 1.56. The second-order valence-corrected chi connectivity index (χ2v) is 6.33. The van der Waals surface area contributed by atoms with Crippen molar-refractivity contribution in [2.45, 2.75) is 6.92 Å². The molecule has 1 aliphatic heterocycles. The van der Waals surface area contributed by atoms with Gasteiger partial charge in [-0.15, -0.1) is 0 Å². The predicted molar refractivity (Wildman–Crippen MR) is 100 cm³/mol. The zero-order valence-electron chi connectivity index (χ0n) is 13.0. The Morgan fingerprint density at radius 1 is 1.12 bits per heavy atom. The fourth-order valence-electron chi connectivity index (χ4n) is 2.37. The Morgan fingerprint density at radius 3 is 2.54 bits per heavy atom. The Balaban J connectivity index is 1.93. The van der Waals surface area contributed by atoms with Gasteiger partial charge in [-0.2, -0.15) is 0 Å². The van der Waals surface area contributed by atoms with Crippen LogP contribution in [0.25, 0.3) is 6.08 Å². The van der Waals surface area contributed by atoms with Gasteiger partial charge in [-0.1, -0.05) is 18.2 Å². The maximum absolute atomic E-state index is 12.6. The molecule has 1 heterocycles. The highest BCUT2D eigenvalue weighted by Crippen LogP contribution is 2.25. The molecule has 5 nitrogen and oxygen atoms in total. The minimum Gasteiger partial charge on any atom is -0.493 e. The number of hydrogen-bond donors (Lipinski definition) is 1. The zero-order valence-corrected chi connectivity index (χ0v) is 15.1. The molecule has 0 spiro atoms. The molecule has 0 radical (unpaired) electrons. The van der Waals surface area contributed by atoms with E-state index in [0.717, 1.165) is 3.57 Å². The smallest absolute Gasteiger partial charge is 0.282 e. The van der Waals surface area contributed by atoms with Crippen LogP contribution in [0.5, 0.6) is 5.75 Å². The van der Waals surface area contributed by atoms with Crippen LogP contribution in [0.2, 0.25) is 0 Å². The average molecular weight is 434 g/mol. The van der Waals surface area contributed by atoms with Crippen molar-refractivity contribution in [2.24, 2.45) is 0 Å². The normalized spacial score (nSPS) is 15.8. The number of nitrogens with zero attached hydrogens (tertiary/aromatic N) is 1. The Hall–Kier alpha value is -2.35. The third-order valence-electron chi connectivity index (χ3n) is 3.49. The monoisotopic (exact) mass is 434 g/mol. The SMILES string of the molecule is CCOc1ccccc1C=C1C(=O)NN(c2ccc(I)cc2)C1=O. The van der Waals surface area contributed by atoms with E-state index in [4.69, 9.17) is 4.74 Å². The van der Waals surface area contributed by atoms with Crippen molar-refractivity contribution >= 4 is 46.2 Å². The summed E-state index contributed by atoms with van der Waals surface area (Å²) in [5.41, 5.74) is 4.00. The van der Waals surface area contributed by atoms with Gasteiger partial charge in [-0.05, 0) is 65.9 Å². The lowest BCUT2D eigenvalue weighted by Crippen LogP contribution is -2.35. The lowest BCUT2D eigenvalue weighted by atomic mass is 10.1. The summed E-state index contributed by atoms with van der Waals surface area (Å²) in [4.78, 5) is 24.8. The second kappa shape index (κ2) is 7.04. The Labute approximate surface area is 153 Å². The van der Waals surface area contributed by atoms with Crippen molar-refractivity contribution in [3.63, 3.8) is 0 Å². The molecule has 122 valence electrons. The number of carbonyl (C=O) groups is 2. The van der Waals surface area contributed by atoms with E-state index in [1.807, 2.05) is 43.3 Å². The van der Waals surface area contributed by atoms with Crippen LogP contribution in [0.3, 0.4) is 0 Å². The van der Waals surface area contributed by atoms with Gasteiger partial charge < -0.3 is 4.74 Å². The highest BCUT2D eigenvalue weighted by atomic mass is 127. The molecular weight excluding hydrogens is 419 g/mol. The Bertz CT molecular complexity index is 815. The van der Waals surface area contributed by atoms with E-state index >= 15 is 0 Å². The number of nitrogens with one attached hydrogen (secondary N) is 1. The summed E-state index contributed by atoms with van der Waals surface area (Å²) in [6.45, 7) is 2.39. The number of benzene rings is 2. The number of halogens is 1. The Morgan fingerprint density at radius 2 is 1.83 bits per heavy atom. The molecule has 0 saturated carbocycles. The van der Waals surface area contributed by atoms with Crippen LogP contribution < -0.4 is 15.2 Å². The van der Waals surface area contributed by atoms with Crippen LogP contribution in [0.15, 0.2) is 54.1 Å². The van der Waals surface area contributed by atoms with E-state index in [1.165, 1.54) is 5.01 Å². The summed E-state index contributed by atoms with van der Waals surface area (Å²) in [7, 11) is 0. The van der Waals surface area contributed by atoms with Crippen molar-refractivity contribution in [1.82, 2.24) is 5.43 Å². The van der Waals surface area contributed by atoms with Gasteiger partial charge in [0.25, 0.3) is 11.8 Å². The first-order valence-corrected chi connectivity index (χ1v) is 8.52. The molecule has 2 amide bonds. The van der Waals surface area contributed by atoms with Crippen molar-refractivity contribution in [2.75, 3.05) is 11.6 Å². The molecule has 1 N–H and O–H groups in total. The Kier molecular flexibility index (Phi) is 4.84. The molecule has 0 aromatic heterocycles. The van der Waals surface area contributed by atoms with Crippen LogP contribution in [-0.2, 0) is 9.59 Å². The molecular formula is C18H15IN2O3. The molecule has 24 heavy (non-hydrogen) atoms. The highest BCUT2D eigenvalue weighted by Gasteiger charge is 2.34. The first kappa shape index (κ1) is 16.5. The maximum atomic E-state index is 12.6. The van der Waals surface area contributed by atoms with Crippen LogP contribution in [0.1, 0.15) is 12.5 Å². The second-order valence-electron chi connectivity index (χ2n) is 5.09.